The van der Waals surface area contributed by atoms with Crippen LogP contribution in [0.3, 0.4) is 0 Å². The van der Waals surface area contributed by atoms with Crippen LogP contribution in [0, 0.1) is 6.92 Å². The molecule has 3 rings (SSSR count). The van der Waals surface area contributed by atoms with E-state index in [0.29, 0.717) is 37.1 Å². The normalized spacial score (nSPS) is 11.9. The first-order valence-corrected chi connectivity index (χ1v) is 12.8. The first-order chi connectivity index (χ1) is 17.7. The van der Waals surface area contributed by atoms with E-state index in [1.54, 1.807) is 37.5 Å². The van der Waals surface area contributed by atoms with Gasteiger partial charge in [-0.3, -0.25) is 9.59 Å². The molecule has 11 heteroatoms. The lowest BCUT2D eigenvalue weighted by Gasteiger charge is -2.23. The van der Waals surface area contributed by atoms with Gasteiger partial charge in [-0.25, -0.2) is 15.0 Å². The van der Waals surface area contributed by atoms with Crippen LogP contribution in [0.15, 0.2) is 54.7 Å². The quantitative estimate of drug-likeness (QED) is 0.246. The van der Waals surface area contributed by atoms with Gasteiger partial charge in [0.15, 0.2) is 5.13 Å². The highest BCUT2D eigenvalue weighted by atomic mass is 32.1. The molecule has 3 aromatic rings. The number of hydrogen-bond donors (Lipinski definition) is 3. The molecule has 0 aliphatic rings. The van der Waals surface area contributed by atoms with Crippen molar-refractivity contribution >= 4 is 39.9 Å². The third-order valence-corrected chi connectivity index (χ3v) is 6.37. The van der Waals surface area contributed by atoms with Gasteiger partial charge in [0.1, 0.15) is 23.5 Å². The minimum atomic E-state index is -0.590. The summed E-state index contributed by atoms with van der Waals surface area (Å²) in [7, 11) is 5.46. The Bertz CT molecular complexity index is 1210. The van der Waals surface area contributed by atoms with Crippen molar-refractivity contribution in [3.8, 4) is 10.4 Å². The van der Waals surface area contributed by atoms with E-state index in [1.165, 1.54) is 11.0 Å². The van der Waals surface area contributed by atoms with Crippen molar-refractivity contribution in [2.45, 2.75) is 19.9 Å². The van der Waals surface area contributed by atoms with Crippen molar-refractivity contribution in [3.63, 3.8) is 0 Å². The zero-order valence-corrected chi connectivity index (χ0v) is 22.7. The third kappa shape index (κ3) is 8.65. The number of nitrogens with one attached hydrogen (secondary N) is 3. The number of hydrogen-bond acceptors (Lipinski definition) is 9. The molecule has 0 radical (unpaired) electrons. The fourth-order valence-electron chi connectivity index (χ4n) is 3.27. The maximum atomic E-state index is 12.5. The van der Waals surface area contributed by atoms with Crippen molar-refractivity contribution in [2.24, 2.45) is 0 Å². The molecule has 37 heavy (non-hydrogen) atoms. The van der Waals surface area contributed by atoms with Gasteiger partial charge in [0.25, 0.3) is 0 Å². The number of nitrogens with zero attached hydrogens (tertiary/aromatic N) is 5. The molecular weight excluding hydrogens is 488 g/mol. The Balaban J connectivity index is 1.48. The Morgan fingerprint density at radius 1 is 1.08 bits per heavy atom. The topological polar surface area (TPSA) is 115 Å². The third-order valence-electron chi connectivity index (χ3n) is 5.41. The largest absolute Gasteiger partial charge is 0.368 e. The number of carbonyl (C=O) groups is 2. The molecule has 0 aliphatic heterocycles. The lowest BCUT2D eigenvalue weighted by molar-refractivity contribution is -0.135. The molecular formula is C26H34N8O2S. The molecule has 0 unspecified atom stereocenters. The summed E-state index contributed by atoms with van der Waals surface area (Å²) in [5, 5.41) is 10.0. The summed E-state index contributed by atoms with van der Waals surface area (Å²) in [6, 6.07) is 11.3. The second kappa shape index (κ2) is 13.5. The van der Waals surface area contributed by atoms with Gasteiger partial charge in [-0.1, -0.05) is 47.7 Å². The minimum Gasteiger partial charge on any atom is -0.368 e. The molecule has 2 aromatic heterocycles. The fourth-order valence-corrected chi connectivity index (χ4v) is 4.10. The molecule has 0 aliphatic carbocycles. The SMILES string of the molecule is Cc1nc(NCCNC(=O)[C@H](C)N(C)C(=O)/C=C/CN(C)C)cc(Nc2ncc(-c3ccccc3)s2)n1. The van der Waals surface area contributed by atoms with Crippen LogP contribution in [0.25, 0.3) is 10.4 Å². The lowest BCUT2D eigenvalue weighted by Crippen LogP contribution is -2.46. The van der Waals surface area contributed by atoms with Gasteiger partial charge in [0.2, 0.25) is 11.8 Å². The predicted molar refractivity (Wildman–Crippen MR) is 149 cm³/mol. The summed E-state index contributed by atoms with van der Waals surface area (Å²) < 4.78 is 0. The molecule has 0 saturated carbocycles. The molecule has 0 spiro atoms. The van der Waals surface area contributed by atoms with Gasteiger partial charge >= 0.3 is 0 Å². The lowest BCUT2D eigenvalue weighted by atomic mass is 10.2. The van der Waals surface area contributed by atoms with Crippen LogP contribution in [0.1, 0.15) is 12.7 Å². The highest BCUT2D eigenvalue weighted by Crippen LogP contribution is 2.30. The van der Waals surface area contributed by atoms with E-state index in [9.17, 15) is 9.59 Å². The van der Waals surface area contributed by atoms with Crippen LogP contribution in [0.5, 0.6) is 0 Å². The van der Waals surface area contributed by atoms with Crippen molar-refractivity contribution in [2.75, 3.05) is 51.4 Å². The van der Waals surface area contributed by atoms with Crippen LogP contribution in [-0.4, -0.2) is 83.4 Å². The van der Waals surface area contributed by atoms with E-state index in [-0.39, 0.29) is 11.8 Å². The van der Waals surface area contributed by atoms with E-state index in [1.807, 2.05) is 62.4 Å². The molecule has 0 saturated heterocycles. The molecule has 196 valence electrons. The second-order valence-corrected chi connectivity index (χ2v) is 9.74. The van der Waals surface area contributed by atoms with Crippen molar-refractivity contribution < 1.29 is 9.59 Å². The summed E-state index contributed by atoms with van der Waals surface area (Å²) in [5.74, 6) is 1.43. The Morgan fingerprint density at radius 3 is 2.54 bits per heavy atom. The van der Waals surface area contributed by atoms with Crippen LogP contribution in [0.2, 0.25) is 0 Å². The van der Waals surface area contributed by atoms with Crippen LogP contribution in [0.4, 0.5) is 16.8 Å². The van der Waals surface area contributed by atoms with Crippen LogP contribution >= 0.6 is 11.3 Å². The van der Waals surface area contributed by atoms with E-state index in [4.69, 9.17) is 0 Å². The highest BCUT2D eigenvalue weighted by Gasteiger charge is 2.20. The minimum absolute atomic E-state index is 0.213. The van der Waals surface area contributed by atoms with Gasteiger partial charge in [0, 0.05) is 45.0 Å². The van der Waals surface area contributed by atoms with Crippen LogP contribution < -0.4 is 16.0 Å². The van der Waals surface area contributed by atoms with Gasteiger partial charge in [-0.2, -0.15) is 0 Å². The second-order valence-electron chi connectivity index (χ2n) is 8.71. The van der Waals surface area contributed by atoms with E-state index < -0.39 is 6.04 Å². The number of anilines is 3. The maximum Gasteiger partial charge on any atom is 0.246 e. The molecule has 0 fully saturated rings. The number of rotatable bonds is 12. The maximum absolute atomic E-state index is 12.5. The molecule has 1 aromatic carbocycles. The average Bonchev–Trinajstić information content (AvgIpc) is 3.34. The highest BCUT2D eigenvalue weighted by molar-refractivity contribution is 7.18. The Morgan fingerprint density at radius 2 is 1.81 bits per heavy atom. The molecule has 2 heterocycles. The molecule has 1 atom stereocenters. The molecule has 10 nitrogen and oxygen atoms in total. The number of benzene rings is 1. The smallest absolute Gasteiger partial charge is 0.246 e. The fraction of sp³-hybridized carbons (Fsp3) is 0.346. The Labute approximate surface area is 221 Å². The summed E-state index contributed by atoms with van der Waals surface area (Å²) >= 11 is 1.54. The van der Waals surface area contributed by atoms with Crippen molar-refractivity contribution in [1.82, 2.24) is 30.1 Å². The Hall–Kier alpha value is -3.83. The summed E-state index contributed by atoms with van der Waals surface area (Å²) in [5.41, 5.74) is 1.11. The molecule has 3 N–H and O–H groups in total. The van der Waals surface area contributed by atoms with Crippen molar-refractivity contribution in [1.29, 1.82) is 0 Å². The summed E-state index contributed by atoms with van der Waals surface area (Å²) in [6.45, 7) is 5.01. The average molecular weight is 523 g/mol. The van der Waals surface area contributed by atoms with Gasteiger partial charge in [0.05, 0.1) is 4.88 Å². The zero-order valence-electron chi connectivity index (χ0n) is 21.9. The van der Waals surface area contributed by atoms with Gasteiger partial charge < -0.3 is 25.8 Å². The number of aromatic nitrogens is 3. The van der Waals surface area contributed by atoms with Gasteiger partial charge in [-0.15, -0.1) is 0 Å². The summed E-state index contributed by atoms with van der Waals surface area (Å²) in [6.07, 6.45) is 5.10. The molecule has 0 bridgehead atoms. The predicted octanol–water partition coefficient (Wildman–Crippen LogP) is 3.14. The van der Waals surface area contributed by atoms with E-state index >= 15 is 0 Å². The number of amides is 2. The molecule has 2 amide bonds. The van der Waals surface area contributed by atoms with E-state index in [2.05, 4.69) is 30.9 Å². The first-order valence-electron chi connectivity index (χ1n) is 12.0. The number of aryl methyl sites for hydroxylation is 1. The van der Waals surface area contributed by atoms with Crippen LogP contribution in [-0.2, 0) is 9.59 Å². The van der Waals surface area contributed by atoms with E-state index in [0.717, 1.165) is 15.6 Å². The number of likely N-dealkylation sites (N-methyl/N-ethyl adjacent to an activating group) is 2. The Kier molecular flexibility index (Phi) is 10.1. The number of carbonyl (C=O) groups excluding carboxylic acids is 2. The monoisotopic (exact) mass is 522 g/mol. The summed E-state index contributed by atoms with van der Waals surface area (Å²) in [4.78, 5) is 42.5. The van der Waals surface area contributed by atoms with Crippen molar-refractivity contribution in [3.05, 3.63) is 60.6 Å². The first kappa shape index (κ1) is 27.8. The number of thiazole rings is 1. The van der Waals surface area contributed by atoms with Gasteiger partial charge in [-0.05, 0) is 33.5 Å². The zero-order chi connectivity index (χ0) is 26.8. The standard InChI is InChI=1S/C26H34N8O2S/c1-18(34(5)24(35)12-9-15-33(3)4)25(36)28-14-13-27-22-16-23(31-19(2)30-22)32-26-29-17-21(37-26)20-10-7-6-8-11-20/h6-12,16-18H,13-15H2,1-5H3,(H,28,36)(H2,27,29,30,31,32)/b12-9+/t18-/m0/s1.